The van der Waals surface area contributed by atoms with Gasteiger partial charge < -0.3 is 10.0 Å². The molecule has 25 heavy (non-hydrogen) atoms. The lowest BCUT2D eigenvalue weighted by atomic mass is 9.81. The third kappa shape index (κ3) is 2.77. The van der Waals surface area contributed by atoms with Crippen molar-refractivity contribution in [2.75, 3.05) is 6.54 Å². The van der Waals surface area contributed by atoms with Crippen molar-refractivity contribution in [2.24, 2.45) is 0 Å². The fourth-order valence-corrected chi connectivity index (χ4v) is 3.93. The number of carbonyl (C=O) groups is 1. The molecule has 1 N–H and O–H groups in total. The van der Waals surface area contributed by atoms with Crippen molar-refractivity contribution in [3.63, 3.8) is 0 Å². The molecule has 0 radical (unpaired) electrons. The number of nitrogens with zero attached hydrogens (tertiary/aromatic N) is 1. The first-order chi connectivity index (χ1) is 11.9. The summed E-state index contributed by atoms with van der Waals surface area (Å²) in [6, 6.07) is 12.5. The Morgan fingerprint density at radius 3 is 2.60 bits per heavy atom. The maximum atomic E-state index is 12.8. The highest BCUT2D eigenvalue weighted by atomic mass is 35.5. The molecule has 2 atom stereocenters. The zero-order valence-electron chi connectivity index (χ0n) is 13.9. The van der Waals surface area contributed by atoms with Crippen molar-refractivity contribution < 1.29 is 9.90 Å². The van der Waals surface area contributed by atoms with E-state index in [1.165, 1.54) is 4.90 Å². The molecular weight excluding hydrogens is 357 g/mol. The summed E-state index contributed by atoms with van der Waals surface area (Å²) in [6.45, 7) is 6.06. The number of aliphatic hydroxyl groups is 1. The van der Waals surface area contributed by atoms with Crippen molar-refractivity contribution in [3.8, 4) is 0 Å². The number of likely N-dealkylation sites (N-methyl/N-ethyl adjacent to an activating group) is 1. The average Bonchev–Trinajstić information content (AvgIpc) is 2.83. The second-order valence-electron chi connectivity index (χ2n) is 6.07. The van der Waals surface area contributed by atoms with Gasteiger partial charge in [-0.2, -0.15) is 0 Å². The van der Waals surface area contributed by atoms with Crippen LogP contribution in [0.3, 0.4) is 0 Å². The first kappa shape index (κ1) is 18.0. The van der Waals surface area contributed by atoms with Gasteiger partial charge in [0, 0.05) is 23.6 Å². The number of hydrogen-bond donors (Lipinski definition) is 1. The summed E-state index contributed by atoms with van der Waals surface area (Å²) >= 11 is 12.2. The second kappa shape index (κ2) is 6.83. The molecule has 3 rings (SSSR count). The summed E-state index contributed by atoms with van der Waals surface area (Å²) in [5.41, 5.74) is 0.480. The maximum Gasteiger partial charge on any atom is 0.256 e. The lowest BCUT2D eigenvalue weighted by Gasteiger charge is -2.40. The summed E-state index contributed by atoms with van der Waals surface area (Å²) < 4.78 is 0. The van der Waals surface area contributed by atoms with Gasteiger partial charge in [-0.05, 0) is 37.1 Å². The Hall–Kier alpha value is -1.81. The van der Waals surface area contributed by atoms with E-state index in [1.54, 1.807) is 36.4 Å². The van der Waals surface area contributed by atoms with Crippen LogP contribution in [-0.4, -0.2) is 22.5 Å². The van der Waals surface area contributed by atoms with E-state index in [2.05, 4.69) is 6.58 Å². The number of benzene rings is 2. The fourth-order valence-electron chi connectivity index (χ4n) is 3.63. The van der Waals surface area contributed by atoms with Gasteiger partial charge in [0.1, 0.15) is 0 Å². The molecule has 0 aromatic heterocycles. The molecule has 1 aliphatic heterocycles. The van der Waals surface area contributed by atoms with E-state index in [4.69, 9.17) is 23.2 Å². The molecule has 3 nitrogen and oxygen atoms in total. The summed E-state index contributed by atoms with van der Waals surface area (Å²) in [6.07, 6.45) is 2.22. The first-order valence-corrected chi connectivity index (χ1v) is 8.90. The molecule has 0 fully saturated rings. The van der Waals surface area contributed by atoms with Gasteiger partial charge in [-0.15, -0.1) is 6.58 Å². The van der Waals surface area contributed by atoms with Crippen LogP contribution >= 0.6 is 23.2 Å². The largest absolute Gasteiger partial charge is 0.366 e. The fraction of sp³-hybridized carbons (Fsp3) is 0.250. The molecular formula is C20H19Cl2NO2. The molecule has 130 valence electrons. The molecule has 1 amide bonds. The van der Waals surface area contributed by atoms with Gasteiger partial charge in [0.15, 0.2) is 5.72 Å². The van der Waals surface area contributed by atoms with E-state index < -0.39 is 11.6 Å². The SMILES string of the molecule is C=CCC(c1ccc(Cl)c(Cl)c1)[C@@]1(O)c2ccccc2C(=O)N1CC. The van der Waals surface area contributed by atoms with Gasteiger partial charge in [0.05, 0.1) is 10.0 Å². The van der Waals surface area contributed by atoms with E-state index in [0.717, 1.165) is 5.56 Å². The zero-order chi connectivity index (χ0) is 18.2. The molecule has 5 heteroatoms. The number of halogens is 2. The molecule has 1 aliphatic rings. The molecule has 2 aromatic rings. The van der Waals surface area contributed by atoms with Crippen molar-refractivity contribution in [2.45, 2.75) is 25.0 Å². The van der Waals surface area contributed by atoms with E-state index in [-0.39, 0.29) is 5.91 Å². The van der Waals surface area contributed by atoms with Crippen LogP contribution < -0.4 is 0 Å². The Kier molecular flexibility index (Phi) is 4.92. The van der Waals surface area contributed by atoms with Crippen LogP contribution in [-0.2, 0) is 5.72 Å². The van der Waals surface area contributed by atoms with Gasteiger partial charge in [-0.25, -0.2) is 0 Å². The van der Waals surface area contributed by atoms with Crippen LogP contribution in [0.25, 0.3) is 0 Å². The molecule has 0 saturated carbocycles. The van der Waals surface area contributed by atoms with Crippen molar-refractivity contribution >= 4 is 29.1 Å². The molecule has 0 bridgehead atoms. The van der Waals surface area contributed by atoms with Gasteiger partial charge in [-0.3, -0.25) is 4.79 Å². The van der Waals surface area contributed by atoms with E-state index in [0.29, 0.717) is 34.1 Å². The van der Waals surface area contributed by atoms with Crippen molar-refractivity contribution in [3.05, 3.63) is 81.9 Å². The Labute approximate surface area is 157 Å². The monoisotopic (exact) mass is 375 g/mol. The highest BCUT2D eigenvalue weighted by molar-refractivity contribution is 6.42. The van der Waals surface area contributed by atoms with Gasteiger partial charge in [-0.1, -0.05) is 53.5 Å². The number of amides is 1. The quantitative estimate of drug-likeness (QED) is 0.749. The van der Waals surface area contributed by atoms with E-state index >= 15 is 0 Å². The summed E-state index contributed by atoms with van der Waals surface area (Å²) in [5, 5.41) is 12.6. The Morgan fingerprint density at radius 1 is 1.24 bits per heavy atom. The predicted octanol–water partition coefficient (Wildman–Crippen LogP) is 4.97. The number of allylic oxidation sites excluding steroid dienone is 1. The van der Waals surface area contributed by atoms with Crippen LogP contribution in [0.4, 0.5) is 0 Å². The van der Waals surface area contributed by atoms with Crippen molar-refractivity contribution in [1.82, 2.24) is 4.90 Å². The minimum atomic E-state index is -1.46. The van der Waals surface area contributed by atoms with Crippen molar-refractivity contribution in [1.29, 1.82) is 0 Å². The van der Waals surface area contributed by atoms with E-state index in [9.17, 15) is 9.90 Å². The van der Waals surface area contributed by atoms with Gasteiger partial charge >= 0.3 is 0 Å². The number of hydrogen-bond acceptors (Lipinski definition) is 2. The zero-order valence-corrected chi connectivity index (χ0v) is 15.4. The average molecular weight is 376 g/mol. The van der Waals surface area contributed by atoms with Crippen LogP contribution in [0.5, 0.6) is 0 Å². The number of rotatable bonds is 5. The minimum absolute atomic E-state index is 0.172. The lowest BCUT2D eigenvalue weighted by Crippen LogP contribution is -2.48. The van der Waals surface area contributed by atoms with Crippen LogP contribution in [0.2, 0.25) is 10.0 Å². The highest BCUT2D eigenvalue weighted by Crippen LogP contribution is 2.48. The second-order valence-corrected chi connectivity index (χ2v) is 6.89. The van der Waals surface area contributed by atoms with E-state index in [1.807, 2.05) is 19.1 Å². The molecule has 0 spiro atoms. The number of carbonyl (C=O) groups excluding carboxylic acids is 1. The molecule has 2 aromatic carbocycles. The topological polar surface area (TPSA) is 40.5 Å². The van der Waals surface area contributed by atoms with Gasteiger partial charge in [0.25, 0.3) is 5.91 Å². The van der Waals surface area contributed by atoms with Crippen LogP contribution in [0.15, 0.2) is 55.1 Å². The molecule has 0 saturated heterocycles. The molecule has 0 aliphatic carbocycles. The lowest BCUT2D eigenvalue weighted by molar-refractivity contribution is -0.103. The predicted molar refractivity (Wildman–Crippen MR) is 101 cm³/mol. The summed E-state index contributed by atoms with van der Waals surface area (Å²) in [5.74, 6) is -0.581. The highest BCUT2D eigenvalue weighted by Gasteiger charge is 2.52. The summed E-state index contributed by atoms with van der Waals surface area (Å²) in [7, 11) is 0. The van der Waals surface area contributed by atoms with Gasteiger partial charge in [0.2, 0.25) is 0 Å². The normalized spacial score (nSPS) is 20.5. The Bertz CT molecular complexity index is 836. The first-order valence-electron chi connectivity index (χ1n) is 8.14. The van der Waals surface area contributed by atoms with Crippen LogP contribution in [0.1, 0.15) is 40.7 Å². The molecule has 1 heterocycles. The standard InChI is InChI=1S/C20H19Cl2NO2/c1-3-7-15(13-10-11-17(21)18(22)12-13)20(25)16-9-6-5-8-14(16)19(24)23(20)4-2/h3,5-6,8-12,15,25H,1,4,7H2,2H3/t15?,20-/m1/s1. The smallest absolute Gasteiger partial charge is 0.256 e. The minimum Gasteiger partial charge on any atom is -0.366 e. The van der Waals surface area contributed by atoms with Crippen LogP contribution in [0, 0.1) is 0 Å². The molecule has 1 unspecified atom stereocenters. The maximum absolute atomic E-state index is 12.8. The number of fused-ring (bicyclic) bond motifs is 1. The Balaban J connectivity index is 2.21. The summed E-state index contributed by atoms with van der Waals surface area (Å²) in [4.78, 5) is 14.3. The third-order valence-corrected chi connectivity index (χ3v) is 5.50. The third-order valence-electron chi connectivity index (χ3n) is 4.76. The Morgan fingerprint density at radius 2 is 1.96 bits per heavy atom.